The van der Waals surface area contributed by atoms with E-state index in [0.717, 1.165) is 48.2 Å². The van der Waals surface area contributed by atoms with E-state index in [0.29, 0.717) is 11.8 Å². The summed E-state index contributed by atoms with van der Waals surface area (Å²) in [6.07, 6.45) is 2.27. The Morgan fingerprint density at radius 2 is 2.17 bits per heavy atom. The number of piperidine rings is 1. The number of para-hydroxylation sites is 1. The van der Waals surface area contributed by atoms with Gasteiger partial charge in [-0.1, -0.05) is 32.0 Å². The van der Waals surface area contributed by atoms with E-state index in [1.807, 2.05) is 42.3 Å². The summed E-state index contributed by atoms with van der Waals surface area (Å²) in [6.45, 7) is 6.91. The Hall–Kier alpha value is -1.94. The molecule has 0 aliphatic carbocycles. The third-order valence-corrected chi connectivity index (χ3v) is 4.86. The van der Waals surface area contributed by atoms with E-state index in [9.17, 15) is 4.79 Å². The summed E-state index contributed by atoms with van der Waals surface area (Å²) in [5, 5.41) is 4.20. The van der Waals surface area contributed by atoms with Crippen molar-refractivity contribution >= 4 is 16.8 Å². The minimum atomic E-state index is 0.149. The summed E-state index contributed by atoms with van der Waals surface area (Å²) >= 11 is 0. The molecule has 3 rings (SSSR count). The highest BCUT2D eigenvalue weighted by Gasteiger charge is 2.25. The molecule has 1 saturated heterocycles. The zero-order valence-corrected chi connectivity index (χ0v) is 14.9. The fourth-order valence-corrected chi connectivity index (χ4v) is 3.54. The molecule has 2 heterocycles. The number of fused-ring (bicyclic) bond motifs is 1. The Morgan fingerprint density at radius 3 is 2.92 bits per heavy atom. The number of benzene rings is 1. The fraction of sp³-hybridized carbons (Fsp3) is 0.500. The van der Waals surface area contributed by atoms with E-state index >= 15 is 0 Å². The topological polar surface area (TPSA) is 45.2 Å². The highest BCUT2D eigenvalue weighted by atomic mass is 16.2. The molecule has 1 aromatic heterocycles. The van der Waals surface area contributed by atoms with Crippen LogP contribution in [0.2, 0.25) is 0 Å². The number of amides is 1. The van der Waals surface area contributed by atoms with E-state index in [4.69, 9.17) is 4.98 Å². The van der Waals surface area contributed by atoms with Crippen LogP contribution in [-0.4, -0.2) is 42.5 Å². The van der Waals surface area contributed by atoms with E-state index in [-0.39, 0.29) is 5.91 Å². The lowest BCUT2D eigenvalue weighted by molar-refractivity contribution is 0.0676. The number of hydrogen-bond donors (Lipinski definition) is 1. The van der Waals surface area contributed by atoms with Gasteiger partial charge in [-0.05, 0) is 50.4 Å². The zero-order chi connectivity index (χ0) is 17.1. The second kappa shape index (κ2) is 7.31. The van der Waals surface area contributed by atoms with Gasteiger partial charge in [0.25, 0.3) is 5.91 Å². The smallest absolute Gasteiger partial charge is 0.254 e. The van der Waals surface area contributed by atoms with Crippen molar-refractivity contribution in [3.05, 3.63) is 41.6 Å². The standard InChI is InChI=1S/C20H27N3O/c1-14(2)19-11-17(16-8-4-5-9-18(16)22-19)20(24)23-10-6-7-15(13-23)12-21-3/h4-5,8-9,11,14-15,21H,6-7,10,12-13H2,1-3H3. The van der Waals surface area contributed by atoms with Gasteiger partial charge < -0.3 is 10.2 Å². The Balaban J connectivity index is 1.96. The largest absolute Gasteiger partial charge is 0.338 e. The molecule has 1 atom stereocenters. The van der Waals surface area contributed by atoms with Crippen molar-refractivity contribution in [1.29, 1.82) is 0 Å². The van der Waals surface area contributed by atoms with Crippen molar-refractivity contribution in [2.24, 2.45) is 5.92 Å². The Morgan fingerprint density at radius 1 is 1.38 bits per heavy atom. The molecule has 1 N–H and O–H groups in total. The van der Waals surface area contributed by atoms with Gasteiger partial charge in [-0.15, -0.1) is 0 Å². The van der Waals surface area contributed by atoms with Gasteiger partial charge in [0.15, 0.2) is 0 Å². The van der Waals surface area contributed by atoms with Crippen molar-refractivity contribution in [2.45, 2.75) is 32.6 Å². The minimum Gasteiger partial charge on any atom is -0.338 e. The quantitative estimate of drug-likeness (QED) is 0.937. The molecule has 1 aromatic carbocycles. The number of likely N-dealkylation sites (tertiary alicyclic amines) is 1. The number of carbonyl (C=O) groups excluding carboxylic acids is 1. The number of hydrogen-bond acceptors (Lipinski definition) is 3. The molecule has 1 aliphatic heterocycles. The molecule has 2 aromatic rings. The third-order valence-electron chi connectivity index (χ3n) is 4.86. The number of rotatable bonds is 4. The van der Waals surface area contributed by atoms with Gasteiger partial charge in [-0.25, -0.2) is 0 Å². The van der Waals surface area contributed by atoms with Crippen LogP contribution in [0.3, 0.4) is 0 Å². The molecule has 0 radical (unpaired) electrons. The van der Waals surface area contributed by atoms with Gasteiger partial charge in [0.05, 0.1) is 11.1 Å². The number of nitrogens with zero attached hydrogens (tertiary/aromatic N) is 2. The first-order valence-electron chi connectivity index (χ1n) is 8.93. The van der Waals surface area contributed by atoms with Crippen LogP contribution in [0.1, 0.15) is 48.7 Å². The molecule has 1 fully saturated rings. The Bertz CT molecular complexity index is 724. The molecule has 0 spiro atoms. The first-order valence-corrected chi connectivity index (χ1v) is 8.93. The normalized spacial score (nSPS) is 18.3. The molecule has 0 saturated carbocycles. The number of carbonyl (C=O) groups is 1. The van der Waals surface area contributed by atoms with Crippen LogP contribution >= 0.6 is 0 Å². The molecule has 1 amide bonds. The maximum absolute atomic E-state index is 13.2. The molecule has 1 unspecified atom stereocenters. The average Bonchev–Trinajstić information content (AvgIpc) is 2.60. The van der Waals surface area contributed by atoms with Crippen LogP contribution in [0.5, 0.6) is 0 Å². The molecule has 4 nitrogen and oxygen atoms in total. The summed E-state index contributed by atoms with van der Waals surface area (Å²) < 4.78 is 0. The van der Waals surface area contributed by atoms with Gasteiger partial charge in [0, 0.05) is 24.2 Å². The predicted octanol–water partition coefficient (Wildman–Crippen LogP) is 3.43. The minimum absolute atomic E-state index is 0.149. The van der Waals surface area contributed by atoms with Gasteiger partial charge >= 0.3 is 0 Å². The van der Waals surface area contributed by atoms with Crippen molar-refractivity contribution in [2.75, 3.05) is 26.7 Å². The summed E-state index contributed by atoms with van der Waals surface area (Å²) in [4.78, 5) is 20.0. The summed E-state index contributed by atoms with van der Waals surface area (Å²) in [5.41, 5.74) is 2.70. The zero-order valence-electron chi connectivity index (χ0n) is 14.9. The lowest BCUT2D eigenvalue weighted by atomic mass is 9.96. The predicted molar refractivity (Wildman–Crippen MR) is 98.4 cm³/mol. The molecule has 0 bridgehead atoms. The van der Waals surface area contributed by atoms with Gasteiger partial charge in [-0.3, -0.25) is 9.78 Å². The monoisotopic (exact) mass is 325 g/mol. The maximum atomic E-state index is 13.2. The highest BCUT2D eigenvalue weighted by molar-refractivity contribution is 6.06. The van der Waals surface area contributed by atoms with Crippen LogP contribution in [0.4, 0.5) is 0 Å². The first kappa shape index (κ1) is 16.9. The molecule has 4 heteroatoms. The molecular weight excluding hydrogens is 298 g/mol. The number of nitrogens with one attached hydrogen (secondary N) is 1. The highest BCUT2D eigenvalue weighted by Crippen LogP contribution is 2.25. The van der Waals surface area contributed by atoms with Crippen LogP contribution in [-0.2, 0) is 0 Å². The van der Waals surface area contributed by atoms with Crippen LogP contribution in [0, 0.1) is 5.92 Å². The fourth-order valence-electron chi connectivity index (χ4n) is 3.54. The second-order valence-corrected chi connectivity index (χ2v) is 7.08. The lowest BCUT2D eigenvalue weighted by Gasteiger charge is -2.33. The molecule has 1 aliphatic rings. The van der Waals surface area contributed by atoms with Gasteiger partial charge in [0.2, 0.25) is 0 Å². The van der Waals surface area contributed by atoms with Crippen molar-refractivity contribution < 1.29 is 4.79 Å². The lowest BCUT2D eigenvalue weighted by Crippen LogP contribution is -2.42. The van der Waals surface area contributed by atoms with E-state index in [1.165, 1.54) is 6.42 Å². The first-order chi connectivity index (χ1) is 11.6. The maximum Gasteiger partial charge on any atom is 0.254 e. The second-order valence-electron chi connectivity index (χ2n) is 7.08. The molecular formula is C20H27N3O. The van der Waals surface area contributed by atoms with E-state index < -0.39 is 0 Å². The summed E-state index contributed by atoms with van der Waals surface area (Å²) in [5.74, 6) is 1.00. The van der Waals surface area contributed by atoms with Gasteiger partial charge in [-0.2, -0.15) is 0 Å². The number of aromatic nitrogens is 1. The molecule has 128 valence electrons. The van der Waals surface area contributed by atoms with E-state index in [1.54, 1.807) is 0 Å². The molecule has 24 heavy (non-hydrogen) atoms. The third kappa shape index (κ3) is 3.44. The Kier molecular flexibility index (Phi) is 5.14. The van der Waals surface area contributed by atoms with Crippen molar-refractivity contribution in [3.63, 3.8) is 0 Å². The van der Waals surface area contributed by atoms with Crippen LogP contribution in [0.25, 0.3) is 10.9 Å². The number of pyridine rings is 1. The Labute approximate surface area is 144 Å². The summed E-state index contributed by atoms with van der Waals surface area (Å²) in [6, 6.07) is 9.97. The van der Waals surface area contributed by atoms with Crippen LogP contribution in [0.15, 0.2) is 30.3 Å². The van der Waals surface area contributed by atoms with E-state index in [2.05, 4.69) is 19.2 Å². The van der Waals surface area contributed by atoms with Crippen molar-refractivity contribution in [3.8, 4) is 0 Å². The summed E-state index contributed by atoms with van der Waals surface area (Å²) in [7, 11) is 1.98. The van der Waals surface area contributed by atoms with Crippen molar-refractivity contribution in [1.82, 2.24) is 15.2 Å². The SMILES string of the molecule is CNCC1CCCN(C(=O)c2cc(C(C)C)nc3ccccc23)C1. The average molecular weight is 325 g/mol. The van der Waals surface area contributed by atoms with Gasteiger partial charge in [0.1, 0.15) is 0 Å². The van der Waals surface area contributed by atoms with Crippen LogP contribution < -0.4 is 5.32 Å².